The van der Waals surface area contributed by atoms with Crippen molar-refractivity contribution in [3.63, 3.8) is 0 Å². The molecule has 0 rings (SSSR count). The van der Waals surface area contributed by atoms with Crippen molar-refractivity contribution in [3.8, 4) is 0 Å². The molecule has 8 heavy (non-hydrogen) atoms. The molecule has 0 saturated carbocycles. The topological polar surface area (TPSA) is 0 Å². The molecule has 0 aromatic heterocycles. The first-order valence-corrected chi connectivity index (χ1v) is 7.66. The Morgan fingerprint density at radius 1 is 0.500 bits per heavy atom. The Balaban J connectivity index is 5.14. The van der Waals surface area contributed by atoms with Gasteiger partial charge < -0.3 is 0 Å². The van der Waals surface area contributed by atoms with E-state index in [2.05, 4.69) is 0 Å². The Kier molecular flexibility index (Phi) is 0.615. The fourth-order valence-electron chi connectivity index (χ4n) is 0. The molecule has 0 aliphatic carbocycles. The van der Waals surface area contributed by atoms with Crippen molar-refractivity contribution in [2.24, 2.45) is 0 Å². The molecular formula is F7Os. The second-order valence-corrected chi connectivity index (χ2v) is 8.68. The number of halogens is 7. The molecule has 0 aromatic rings. The van der Waals surface area contributed by atoms with Crippen LogP contribution in [0.5, 0.6) is 0 Å². The molecule has 0 unspecified atom stereocenters. The molecule has 0 heterocycles. The van der Waals surface area contributed by atoms with Gasteiger partial charge in [0, 0.05) is 0 Å². The summed E-state index contributed by atoms with van der Waals surface area (Å²) in [5.74, 6) is 0. The van der Waals surface area contributed by atoms with Gasteiger partial charge >= 0.3 is 38.0 Å². The van der Waals surface area contributed by atoms with E-state index in [0.717, 1.165) is 0 Å². The van der Waals surface area contributed by atoms with Gasteiger partial charge in [0.1, 0.15) is 0 Å². The van der Waals surface area contributed by atoms with Crippen LogP contribution in [0.2, 0.25) is 0 Å². The number of rotatable bonds is 0. The third-order valence-electron chi connectivity index (χ3n) is 0. The minimum atomic E-state index is -13.3. The first-order chi connectivity index (χ1) is 2.65. The van der Waals surface area contributed by atoms with Gasteiger partial charge in [0.15, 0.2) is 0 Å². The number of hydrogen-bond donors (Lipinski definition) is 0. The predicted octanol–water partition coefficient (Wildman–Crippen LogP) is 2.94. The summed E-state index contributed by atoms with van der Waals surface area (Å²) in [6, 6.07) is 0. The van der Waals surface area contributed by atoms with Crippen LogP contribution in [0.3, 0.4) is 0 Å². The Labute approximate surface area is 38.9 Å². The number of hydrogen-bond acceptors (Lipinski definition) is 0. The molecule has 0 bridgehead atoms. The van der Waals surface area contributed by atoms with E-state index in [1.807, 2.05) is 0 Å². The van der Waals surface area contributed by atoms with Crippen molar-refractivity contribution in [2.75, 3.05) is 0 Å². The second-order valence-electron chi connectivity index (χ2n) is 1.06. The van der Waals surface area contributed by atoms with Gasteiger partial charge in [-0.3, -0.25) is 0 Å². The Morgan fingerprint density at radius 3 is 0.500 bits per heavy atom. The van der Waals surface area contributed by atoms with Crippen LogP contribution < -0.4 is 0 Å². The van der Waals surface area contributed by atoms with E-state index in [9.17, 15) is 23.0 Å². The van der Waals surface area contributed by atoms with E-state index in [0.29, 0.717) is 0 Å². The maximum absolute atomic E-state index is 13.3. The van der Waals surface area contributed by atoms with Crippen LogP contribution in [-0.2, 0) is 15.0 Å². The summed E-state index contributed by atoms with van der Waals surface area (Å²) in [6.45, 7) is 0. The van der Waals surface area contributed by atoms with Gasteiger partial charge in [-0.15, -0.1) is 0 Å². The van der Waals surface area contributed by atoms with Gasteiger partial charge in [-0.05, 0) is 0 Å². The molecule has 0 nitrogen and oxygen atoms in total. The van der Waals surface area contributed by atoms with Crippen LogP contribution >= 0.6 is 0 Å². The molecular weight excluding hydrogens is 323 g/mol. The third-order valence-corrected chi connectivity index (χ3v) is 0. The van der Waals surface area contributed by atoms with Crippen molar-refractivity contribution in [1.82, 2.24) is 0 Å². The zero-order valence-corrected chi connectivity index (χ0v) is 5.54. The normalized spacial score (nSPS) is 27.1. The Hall–Kier alpha value is 0.146. The minimum absolute atomic E-state index is 9.93. The molecule has 0 radical (unpaired) electrons. The van der Waals surface area contributed by atoms with E-state index < -0.39 is 15.0 Å². The van der Waals surface area contributed by atoms with Gasteiger partial charge in [-0.2, -0.15) is 0 Å². The molecule has 0 amide bonds. The molecule has 0 N–H and O–H groups in total. The molecule has 0 aromatic carbocycles. The van der Waals surface area contributed by atoms with Gasteiger partial charge in [0.05, 0.1) is 0 Å². The van der Waals surface area contributed by atoms with Crippen molar-refractivity contribution in [3.05, 3.63) is 0 Å². The summed E-state index contributed by atoms with van der Waals surface area (Å²) < 4.78 is 69.5. The Bertz CT molecular complexity index is 96.6. The van der Waals surface area contributed by atoms with Crippen LogP contribution in [0.4, 0.5) is 23.0 Å². The van der Waals surface area contributed by atoms with Crippen molar-refractivity contribution < 1.29 is 38.0 Å². The van der Waals surface area contributed by atoms with Gasteiger partial charge in [-0.1, -0.05) is 0 Å². The zero-order chi connectivity index (χ0) is 7.38. The fourth-order valence-corrected chi connectivity index (χ4v) is 0. The zero-order valence-electron chi connectivity index (χ0n) is 3.00. The van der Waals surface area contributed by atoms with Crippen LogP contribution in [0.1, 0.15) is 0 Å². The molecule has 0 atom stereocenters. The maximum atomic E-state index is 9.93. The molecule has 8 heteroatoms. The monoisotopic (exact) mass is 325 g/mol. The molecule has 0 spiro atoms. The van der Waals surface area contributed by atoms with Gasteiger partial charge in [-0.25, -0.2) is 0 Å². The second kappa shape index (κ2) is 0.604. The predicted molar refractivity (Wildman–Crippen MR) is 7.76 cm³/mol. The third kappa shape index (κ3) is 7600. The van der Waals surface area contributed by atoms with Gasteiger partial charge in [0.2, 0.25) is 0 Å². The van der Waals surface area contributed by atoms with Crippen LogP contribution in [0.25, 0.3) is 0 Å². The summed E-state index contributed by atoms with van der Waals surface area (Å²) in [7, 11) is 0. The summed E-state index contributed by atoms with van der Waals surface area (Å²) >= 11 is -13.3. The molecule has 0 aliphatic rings. The molecule has 0 saturated heterocycles. The van der Waals surface area contributed by atoms with Gasteiger partial charge in [0.25, 0.3) is 0 Å². The van der Waals surface area contributed by atoms with Crippen LogP contribution in [0, 0.1) is 0 Å². The molecule has 0 aliphatic heterocycles. The first kappa shape index (κ1) is 8.15. The quantitative estimate of drug-likeness (QED) is 0.601. The fraction of sp³-hybridized carbons (Fsp3) is 0. The van der Waals surface area contributed by atoms with Crippen LogP contribution in [-0.4, -0.2) is 0 Å². The average molecular weight is 323 g/mol. The SMILES string of the molecule is [F][Os]([F])([F])([F])([F])([F])[F]. The van der Waals surface area contributed by atoms with Crippen molar-refractivity contribution in [1.29, 1.82) is 0 Å². The van der Waals surface area contributed by atoms with E-state index in [4.69, 9.17) is 0 Å². The van der Waals surface area contributed by atoms with E-state index in [-0.39, 0.29) is 0 Å². The summed E-state index contributed by atoms with van der Waals surface area (Å²) in [4.78, 5) is 0. The van der Waals surface area contributed by atoms with Crippen LogP contribution in [0.15, 0.2) is 0 Å². The van der Waals surface area contributed by atoms with Crippen molar-refractivity contribution >= 4 is 0 Å². The van der Waals surface area contributed by atoms with E-state index in [1.165, 1.54) is 0 Å². The summed E-state index contributed by atoms with van der Waals surface area (Å²) in [5.41, 5.74) is 0. The molecule has 57 valence electrons. The standard InChI is InChI=1S/7FH.Os/h7*1H;/q;;;;;;;+7/p-7. The molecule has 0 fully saturated rings. The summed E-state index contributed by atoms with van der Waals surface area (Å²) in [6.07, 6.45) is 0. The van der Waals surface area contributed by atoms with E-state index in [1.54, 1.807) is 0 Å². The average Bonchev–Trinajstić information content (AvgIpc) is 0.544. The Morgan fingerprint density at radius 2 is 0.500 bits per heavy atom. The summed E-state index contributed by atoms with van der Waals surface area (Å²) in [5, 5.41) is 0. The first-order valence-electron chi connectivity index (χ1n) is 0.935. The van der Waals surface area contributed by atoms with Crippen molar-refractivity contribution in [2.45, 2.75) is 0 Å². The van der Waals surface area contributed by atoms with E-state index >= 15 is 0 Å².